The van der Waals surface area contributed by atoms with Gasteiger partial charge in [-0.3, -0.25) is 0 Å². The van der Waals surface area contributed by atoms with Gasteiger partial charge in [-0.05, 0) is 42.0 Å². The molecule has 0 aromatic heterocycles. The van der Waals surface area contributed by atoms with Crippen molar-refractivity contribution in [2.24, 2.45) is 0 Å². The molecular formula is C18H26N2O7S2. The second kappa shape index (κ2) is 11.5. The van der Waals surface area contributed by atoms with E-state index in [-0.39, 0.29) is 0 Å². The van der Waals surface area contributed by atoms with E-state index in [1.165, 1.54) is 28.7 Å². The standard InChI is InChI=1S/C16H24N2O3S2.C2H2O4/c19-23(20,18-7-9-21-10-8-18)16-3-1-14(2-4-16)13-17-15-5-11-22-12-6-15;3-1(4)2(5)6/h1-4,15,17H,5-13H2;(H,3,4)(H,5,6). The van der Waals surface area contributed by atoms with Crippen LogP contribution < -0.4 is 5.32 Å². The molecule has 3 rings (SSSR count). The van der Waals surface area contributed by atoms with E-state index in [0.717, 1.165) is 12.1 Å². The maximum atomic E-state index is 12.6. The Kier molecular flexibility index (Phi) is 9.37. The molecule has 1 aromatic carbocycles. The van der Waals surface area contributed by atoms with Gasteiger partial charge >= 0.3 is 11.9 Å². The highest BCUT2D eigenvalue weighted by molar-refractivity contribution is 7.99. The summed E-state index contributed by atoms with van der Waals surface area (Å²) in [4.78, 5) is 18.6. The van der Waals surface area contributed by atoms with Crippen molar-refractivity contribution in [3.63, 3.8) is 0 Å². The summed E-state index contributed by atoms with van der Waals surface area (Å²) in [7, 11) is -3.38. The van der Waals surface area contributed by atoms with Crippen LogP contribution in [0.4, 0.5) is 0 Å². The Morgan fingerprint density at radius 2 is 1.62 bits per heavy atom. The normalized spacial score (nSPS) is 18.5. The lowest BCUT2D eigenvalue weighted by Crippen LogP contribution is -2.40. The van der Waals surface area contributed by atoms with Crippen LogP contribution in [0.2, 0.25) is 0 Å². The molecule has 0 spiro atoms. The Bertz CT molecular complexity index is 760. The van der Waals surface area contributed by atoms with Gasteiger partial charge in [0.1, 0.15) is 0 Å². The van der Waals surface area contributed by atoms with Gasteiger partial charge in [-0.1, -0.05) is 12.1 Å². The number of carboxylic acid groups (broad SMARTS) is 2. The van der Waals surface area contributed by atoms with E-state index in [9.17, 15) is 8.42 Å². The van der Waals surface area contributed by atoms with E-state index in [4.69, 9.17) is 24.5 Å². The van der Waals surface area contributed by atoms with Gasteiger partial charge in [-0.15, -0.1) is 0 Å². The summed E-state index contributed by atoms with van der Waals surface area (Å²) in [5.41, 5.74) is 1.13. The minimum Gasteiger partial charge on any atom is -0.473 e. The average molecular weight is 447 g/mol. The monoisotopic (exact) mass is 446 g/mol. The highest BCUT2D eigenvalue weighted by atomic mass is 32.2. The van der Waals surface area contributed by atoms with Crippen molar-refractivity contribution >= 4 is 33.7 Å². The fourth-order valence-corrected chi connectivity index (χ4v) is 5.39. The van der Waals surface area contributed by atoms with Crippen molar-refractivity contribution in [1.82, 2.24) is 9.62 Å². The Balaban J connectivity index is 0.000000438. The van der Waals surface area contributed by atoms with E-state index in [0.29, 0.717) is 37.2 Å². The van der Waals surface area contributed by atoms with Gasteiger partial charge in [0, 0.05) is 25.7 Å². The maximum absolute atomic E-state index is 12.6. The van der Waals surface area contributed by atoms with Crippen molar-refractivity contribution in [1.29, 1.82) is 0 Å². The van der Waals surface area contributed by atoms with Crippen LogP contribution in [-0.4, -0.2) is 78.7 Å². The molecular weight excluding hydrogens is 420 g/mol. The van der Waals surface area contributed by atoms with Crippen molar-refractivity contribution in [3.8, 4) is 0 Å². The summed E-state index contributed by atoms with van der Waals surface area (Å²) in [6, 6.07) is 7.86. The quantitative estimate of drug-likeness (QED) is 0.563. The number of benzene rings is 1. The van der Waals surface area contributed by atoms with Crippen LogP contribution in [0.25, 0.3) is 0 Å². The van der Waals surface area contributed by atoms with Gasteiger partial charge < -0.3 is 20.3 Å². The minimum absolute atomic E-state index is 0.372. The van der Waals surface area contributed by atoms with Crippen LogP contribution in [0, 0.1) is 0 Å². The Labute approximate surface area is 174 Å². The predicted octanol–water partition coefficient (Wildman–Crippen LogP) is 0.848. The summed E-state index contributed by atoms with van der Waals surface area (Å²) < 4.78 is 31.8. The van der Waals surface area contributed by atoms with Crippen LogP contribution in [0.15, 0.2) is 29.2 Å². The van der Waals surface area contributed by atoms with Crippen LogP contribution >= 0.6 is 11.8 Å². The molecule has 3 N–H and O–H groups in total. The number of hydrogen-bond donors (Lipinski definition) is 3. The third-order valence-electron chi connectivity index (χ3n) is 4.53. The number of sulfonamides is 1. The van der Waals surface area contributed by atoms with E-state index in [1.54, 1.807) is 12.1 Å². The average Bonchev–Trinajstić information content (AvgIpc) is 2.74. The lowest BCUT2D eigenvalue weighted by Gasteiger charge is -2.26. The van der Waals surface area contributed by atoms with Crippen LogP contribution in [0.5, 0.6) is 0 Å². The summed E-state index contributed by atoms with van der Waals surface area (Å²) in [5, 5.41) is 18.4. The fourth-order valence-electron chi connectivity index (χ4n) is 2.88. The lowest BCUT2D eigenvalue weighted by atomic mass is 10.1. The first-order valence-electron chi connectivity index (χ1n) is 9.25. The zero-order valence-electron chi connectivity index (χ0n) is 16.0. The Morgan fingerprint density at radius 1 is 1.07 bits per heavy atom. The number of rotatable bonds is 5. The van der Waals surface area contributed by atoms with Crippen molar-refractivity contribution in [2.45, 2.75) is 30.3 Å². The molecule has 0 radical (unpaired) electrons. The zero-order chi connectivity index (χ0) is 21.3. The van der Waals surface area contributed by atoms with Gasteiger partial charge in [0.15, 0.2) is 0 Å². The molecule has 0 bridgehead atoms. The summed E-state index contributed by atoms with van der Waals surface area (Å²) in [6.07, 6.45) is 2.43. The molecule has 0 aliphatic carbocycles. The molecule has 2 saturated heterocycles. The fraction of sp³-hybridized carbons (Fsp3) is 0.556. The number of thioether (sulfide) groups is 1. The van der Waals surface area contributed by atoms with Gasteiger partial charge in [-0.2, -0.15) is 16.1 Å². The third kappa shape index (κ3) is 7.59. The molecule has 0 atom stereocenters. The lowest BCUT2D eigenvalue weighted by molar-refractivity contribution is -0.159. The second-order valence-corrected chi connectivity index (χ2v) is 9.70. The Morgan fingerprint density at radius 3 is 2.14 bits per heavy atom. The summed E-state index contributed by atoms with van der Waals surface area (Å²) in [5.74, 6) is -1.19. The van der Waals surface area contributed by atoms with Gasteiger partial charge in [-0.25, -0.2) is 18.0 Å². The van der Waals surface area contributed by atoms with E-state index in [1.807, 2.05) is 23.9 Å². The van der Waals surface area contributed by atoms with Crippen LogP contribution in [-0.2, 0) is 30.9 Å². The predicted molar refractivity (Wildman–Crippen MR) is 108 cm³/mol. The number of carbonyl (C=O) groups is 2. The van der Waals surface area contributed by atoms with Gasteiger partial charge in [0.25, 0.3) is 0 Å². The molecule has 162 valence electrons. The molecule has 2 fully saturated rings. The molecule has 9 nitrogen and oxygen atoms in total. The van der Waals surface area contributed by atoms with E-state index >= 15 is 0 Å². The number of ether oxygens (including phenoxy) is 1. The maximum Gasteiger partial charge on any atom is 0.414 e. The van der Waals surface area contributed by atoms with Gasteiger partial charge in [0.05, 0.1) is 18.1 Å². The molecule has 1 aromatic rings. The number of aliphatic carboxylic acids is 2. The first-order valence-corrected chi connectivity index (χ1v) is 11.8. The second-order valence-electron chi connectivity index (χ2n) is 6.54. The molecule has 2 heterocycles. The highest BCUT2D eigenvalue weighted by Gasteiger charge is 2.26. The topological polar surface area (TPSA) is 133 Å². The van der Waals surface area contributed by atoms with E-state index in [2.05, 4.69) is 5.32 Å². The number of carboxylic acids is 2. The highest BCUT2D eigenvalue weighted by Crippen LogP contribution is 2.19. The molecule has 29 heavy (non-hydrogen) atoms. The molecule has 0 amide bonds. The third-order valence-corrected chi connectivity index (χ3v) is 7.49. The SMILES string of the molecule is O=C(O)C(=O)O.O=S(=O)(c1ccc(CNC2CCSCC2)cc1)N1CCOCC1. The smallest absolute Gasteiger partial charge is 0.414 e. The van der Waals surface area contributed by atoms with Crippen molar-refractivity contribution in [2.75, 3.05) is 37.8 Å². The summed E-state index contributed by atoms with van der Waals surface area (Å²) >= 11 is 2.02. The number of nitrogens with one attached hydrogen (secondary N) is 1. The zero-order valence-corrected chi connectivity index (χ0v) is 17.6. The summed E-state index contributed by atoms with van der Waals surface area (Å²) in [6.45, 7) is 2.62. The van der Waals surface area contributed by atoms with E-state index < -0.39 is 22.0 Å². The molecule has 11 heteroatoms. The van der Waals surface area contributed by atoms with Crippen molar-refractivity contribution in [3.05, 3.63) is 29.8 Å². The van der Waals surface area contributed by atoms with Gasteiger partial charge in [0.2, 0.25) is 10.0 Å². The number of hydrogen-bond acceptors (Lipinski definition) is 7. The molecule has 0 saturated carbocycles. The molecule has 0 unspecified atom stereocenters. The largest absolute Gasteiger partial charge is 0.473 e. The molecule has 2 aliphatic heterocycles. The van der Waals surface area contributed by atoms with Crippen LogP contribution in [0.3, 0.4) is 0 Å². The first kappa shape index (κ1) is 23.6. The number of morpholine rings is 1. The Hall–Kier alpha value is -1.66. The van der Waals surface area contributed by atoms with Crippen molar-refractivity contribution < 1.29 is 33.0 Å². The van der Waals surface area contributed by atoms with Crippen LogP contribution in [0.1, 0.15) is 18.4 Å². The first-order chi connectivity index (χ1) is 13.8. The molecule has 2 aliphatic rings. The minimum atomic E-state index is -3.38. The number of nitrogens with zero attached hydrogens (tertiary/aromatic N) is 1.